The minimum atomic E-state index is -2.87. The summed E-state index contributed by atoms with van der Waals surface area (Å²) in [5, 5.41) is 12.8. The van der Waals surface area contributed by atoms with Gasteiger partial charge in [0.05, 0.1) is 38.8 Å². The fourth-order valence-electron chi connectivity index (χ4n) is 11.9. The highest BCUT2D eigenvalue weighted by Crippen LogP contribution is 2.43. The van der Waals surface area contributed by atoms with E-state index in [0.29, 0.717) is 0 Å². The van der Waals surface area contributed by atoms with Gasteiger partial charge in [-0.2, -0.15) is 0 Å². The summed E-state index contributed by atoms with van der Waals surface area (Å²) in [6, 6.07) is 101. The minimum absolute atomic E-state index is 1.13. The Labute approximate surface area is 407 Å². The average molecular weight is 908 g/mol. The maximum absolute atomic E-state index is 2.87. The summed E-state index contributed by atoms with van der Waals surface area (Å²) in [4.78, 5) is 0. The normalized spacial score (nSPS) is 12.0. The molecule has 0 saturated carbocycles. The Morgan fingerprint density at radius 3 is 1.19 bits per heavy atom. The molecule has 0 bridgehead atoms. The third-order valence-electron chi connectivity index (χ3n) is 14.8. The van der Waals surface area contributed by atoms with Crippen molar-refractivity contribution in [2.75, 3.05) is 0 Å². The molecule has 0 atom stereocenters. The van der Waals surface area contributed by atoms with Gasteiger partial charge >= 0.3 is 0 Å². The van der Waals surface area contributed by atoms with E-state index in [1.807, 2.05) is 0 Å². The van der Waals surface area contributed by atoms with Crippen molar-refractivity contribution < 1.29 is 0 Å². The number of nitrogens with zero attached hydrogens (tertiary/aromatic N) is 3. The molecular formula is C66H45N3Si. The topological polar surface area (TPSA) is 14.8 Å². The van der Waals surface area contributed by atoms with Crippen LogP contribution >= 0.6 is 0 Å². The number of aromatic nitrogens is 3. The number of para-hydroxylation sites is 6. The van der Waals surface area contributed by atoms with Crippen LogP contribution in [0.3, 0.4) is 0 Å². The predicted molar refractivity (Wildman–Crippen MR) is 299 cm³/mol. The number of benzene rings is 11. The lowest BCUT2D eigenvalue weighted by molar-refractivity contribution is 1.16. The fourth-order valence-corrected chi connectivity index (χ4v) is 16.7. The van der Waals surface area contributed by atoms with Gasteiger partial charge in [0.15, 0.2) is 8.07 Å². The lowest BCUT2D eigenvalue weighted by atomic mass is 9.99. The van der Waals surface area contributed by atoms with Gasteiger partial charge in [-0.1, -0.05) is 212 Å². The fraction of sp³-hybridized carbons (Fsp3) is 0. The van der Waals surface area contributed by atoms with Crippen LogP contribution in [-0.2, 0) is 0 Å². The van der Waals surface area contributed by atoms with Crippen molar-refractivity contribution in [1.29, 1.82) is 0 Å². The molecule has 3 nitrogen and oxygen atoms in total. The highest BCUT2D eigenvalue weighted by Gasteiger charge is 2.41. The first-order valence-electron chi connectivity index (χ1n) is 24.2. The first-order chi connectivity index (χ1) is 34.8. The average Bonchev–Trinajstić information content (AvgIpc) is 4.08. The van der Waals surface area contributed by atoms with Crippen molar-refractivity contribution in [3.63, 3.8) is 0 Å². The lowest BCUT2D eigenvalue weighted by Gasteiger charge is -2.34. The summed E-state index contributed by atoms with van der Waals surface area (Å²) < 4.78 is 7.46. The van der Waals surface area contributed by atoms with Crippen LogP contribution in [0.15, 0.2) is 273 Å². The van der Waals surface area contributed by atoms with Gasteiger partial charge in [0.25, 0.3) is 0 Å². The minimum Gasteiger partial charge on any atom is -0.309 e. The summed E-state index contributed by atoms with van der Waals surface area (Å²) in [5.74, 6) is 0. The summed E-state index contributed by atoms with van der Waals surface area (Å²) >= 11 is 0. The molecule has 328 valence electrons. The summed E-state index contributed by atoms with van der Waals surface area (Å²) in [6.07, 6.45) is 0. The standard InChI is InChI=1S/C66H45N3Si/c1-4-23-48(24-5-1)70(49-25-6-2-7-26-49,50-27-8-3-9-28-50)51-29-20-22-46(44-51)68-65-43-42-47(67-60-37-15-10-30-52(60)53-31-11-16-38-61(53)67)45-59(65)58-36-21-35-57(66(58)68)56-34-14-19-41-64(56)69-62-39-17-12-32-54(62)55-33-13-18-40-63(55)69/h1-45H. The van der Waals surface area contributed by atoms with Crippen LogP contribution < -0.4 is 20.7 Å². The number of rotatable bonds is 8. The smallest absolute Gasteiger partial charge is 0.179 e. The van der Waals surface area contributed by atoms with Crippen molar-refractivity contribution in [2.24, 2.45) is 0 Å². The van der Waals surface area contributed by atoms with Crippen LogP contribution in [0.1, 0.15) is 0 Å². The molecule has 4 heteroatoms. The molecule has 14 aromatic rings. The zero-order valence-electron chi connectivity index (χ0n) is 38.3. The monoisotopic (exact) mass is 907 g/mol. The SMILES string of the molecule is c1ccc([Si](c2ccccc2)(c2ccccc2)c2cccc(-n3c4ccc(-n5c6ccccc6c6ccccc65)cc4c4cccc(-c5ccccc5-n5c6ccccc6c6ccccc65)c43)c2)cc1. The molecule has 0 radical (unpaired) electrons. The van der Waals surface area contributed by atoms with E-state index < -0.39 is 8.07 Å². The van der Waals surface area contributed by atoms with E-state index in [1.165, 1.54) is 91.8 Å². The third kappa shape index (κ3) is 5.94. The summed E-state index contributed by atoms with van der Waals surface area (Å²) in [7, 11) is -2.87. The van der Waals surface area contributed by atoms with Gasteiger partial charge in [-0.25, -0.2) is 0 Å². The van der Waals surface area contributed by atoms with E-state index in [1.54, 1.807) is 0 Å². The van der Waals surface area contributed by atoms with E-state index in [2.05, 4.69) is 287 Å². The van der Waals surface area contributed by atoms with E-state index in [4.69, 9.17) is 0 Å². The Bertz CT molecular complexity index is 4090. The molecule has 70 heavy (non-hydrogen) atoms. The Balaban J connectivity index is 1.09. The maximum atomic E-state index is 2.56. The van der Waals surface area contributed by atoms with Crippen molar-refractivity contribution in [1.82, 2.24) is 13.7 Å². The molecule has 14 rings (SSSR count). The van der Waals surface area contributed by atoms with Crippen molar-refractivity contribution in [2.45, 2.75) is 0 Å². The molecular weight excluding hydrogens is 863 g/mol. The van der Waals surface area contributed by atoms with Crippen LogP contribution in [0, 0.1) is 0 Å². The zero-order valence-corrected chi connectivity index (χ0v) is 39.3. The van der Waals surface area contributed by atoms with E-state index >= 15 is 0 Å². The Morgan fingerprint density at radius 1 is 0.229 bits per heavy atom. The summed E-state index contributed by atoms with van der Waals surface area (Å²) in [6.45, 7) is 0. The molecule has 0 fully saturated rings. The number of hydrogen-bond donors (Lipinski definition) is 0. The third-order valence-corrected chi connectivity index (χ3v) is 19.6. The van der Waals surface area contributed by atoms with Crippen LogP contribution in [0.25, 0.3) is 93.6 Å². The number of hydrogen-bond acceptors (Lipinski definition) is 0. The first-order valence-corrected chi connectivity index (χ1v) is 26.2. The van der Waals surface area contributed by atoms with E-state index in [9.17, 15) is 0 Å². The molecule has 0 unspecified atom stereocenters. The van der Waals surface area contributed by atoms with Crippen LogP contribution in [0.5, 0.6) is 0 Å². The molecule has 0 saturated heterocycles. The first kappa shape index (κ1) is 40.1. The lowest BCUT2D eigenvalue weighted by Crippen LogP contribution is -2.74. The highest BCUT2D eigenvalue weighted by atomic mass is 28.3. The van der Waals surface area contributed by atoms with Gasteiger partial charge in [-0.05, 0) is 81.4 Å². The number of fused-ring (bicyclic) bond motifs is 9. The Morgan fingerprint density at radius 2 is 0.629 bits per heavy atom. The second-order valence-corrected chi connectivity index (χ2v) is 22.2. The Kier molecular flexibility index (Phi) is 9.23. The Hall–Kier alpha value is -8.96. The molecule has 0 N–H and O–H groups in total. The van der Waals surface area contributed by atoms with Gasteiger partial charge in [-0.15, -0.1) is 0 Å². The quantitative estimate of drug-likeness (QED) is 0.107. The molecule has 3 aromatic heterocycles. The maximum Gasteiger partial charge on any atom is 0.179 e. The molecule has 11 aromatic carbocycles. The second kappa shape index (κ2) is 16.1. The van der Waals surface area contributed by atoms with Gasteiger partial charge in [0.2, 0.25) is 0 Å². The molecule has 0 amide bonds. The molecule has 0 aliphatic rings. The molecule has 3 heterocycles. The van der Waals surface area contributed by atoms with Crippen molar-refractivity contribution >= 4 is 94.2 Å². The largest absolute Gasteiger partial charge is 0.309 e. The van der Waals surface area contributed by atoms with E-state index in [0.717, 1.165) is 22.6 Å². The van der Waals surface area contributed by atoms with Crippen LogP contribution in [0.4, 0.5) is 0 Å². The van der Waals surface area contributed by atoms with Crippen molar-refractivity contribution in [3.8, 4) is 28.2 Å². The zero-order chi connectivity index (χ0) is 46.2. The van der Waals surface area contributed by atoms with Crippen molar-refractivity contribution in [3.05, 3.63) is 273 Å². The van der Waals surface area contributed by atoms with E-state index in [-0.39, 0.29) is 0 Å². The van der Waals surface area contributed by atoms with Gasteiger partial charge in [0, 0.05) is 54.8 Å². The van der Waals surface area contributed by atoms with Gasteiger partial charge < -0.3 is 13.7 Å². The van der Waals surface area contributed by atoms with Gasteiger partial charge in [-0.3, -0.25) is 0 Å². The highest BCUT2D eigenvalue weighted by molar-refractivity contribution is 7.19. The predicted octanol–water partition coefficient (Wildman–Crippen LogP) is 14.0. The van der Waals surface area contributed by atoms with Gasteiger partial charge in [0.1, 0.15) is 0 Å². The molecule has 0 spiro atoms. The molecule has 0 aliphatic heterocycles. The summed E-state index contributed by atoms with van der Waals surface area (Å²) in [5.41, 5.74) is 12.9. The van der Waals surface area contributed by atoms with Crippen LogP contribution in [0.2, 0.25) is 0 Å². The second-order valence-electron chi connectivity index (χ2n) is 18.4. The van der Waals surface area contributed by atoms with Crippen LogP contribution in [-0.4, -0.2) is 21.8 Å². The molecule has 0 aliphatic carbocycles.